The van der Waals surface area contributed by atoms with Crippen molar-refractivity contribution < 1.29 is 28.6 Å². The van der Waals surface area contributed by atoms with E-state index < -0.39 is 6.10 Å². The van der Waals surface area contributed by atoms with E-state index in [0.29, 0.717) is 19.3 Å². The minimum absolute atomic E-state index is 0.0647. The van der Waals surface area contributed by atoms with Gasteiger partial charge in [-0.15, -0.1) is 0 Å². The highest BCUT2D eigenvalue weighted by molar-refractivity contribution is 5.71. The summed E-state index contributed by atoms with van der Waals surface area (Å²) in [5.74, 6) is -0.842. The highest BCUT2D eigenvalue weighted by Crippen LogP contribution is 2.17. The van der Waals surface area contributed by atoms with Gasteiger partial charge in [0, 0.05) is 19.3 Å². The Balaban J connectivity index is 4.30. The van der Waals surface area contributed by atoms with Crippen molar-refractivity contribution in [2.45, 2.75) is 335 Å². The van der Waals surface area contributed by atoms with Crippen LogP contribution in [0.15, 0.2) is 12.2 Å². The maximum atomic E-state index is 12.9. The Labute approximate surface area is 405 Å². The number of carbonyl (C=O) groups is 3. The molecule has 65 heavy (non-hydrogen) atoms. The lowest BCUT2D eigenvalue weighted by molar-refractivity contribution is -0.167. The average molecular weight is 918 g/mol. The summed E-state index contributed by atoms with van der Waals surface area (Å²) in [4.78, 5) is 38.1. The first-order valence-electron chi connectivity index (χ1n) is 29.2. The second kappa shape index (κ2) is 54.8. The molecule has 384 valence electrons. The highest BCUT2D eigenvalue weighted by atomic mass is 16.6. The quantitative estimate of drug-likeness (QED) is 0.0262. The van der Waals surface area contributed by atoms with Gasteiger partial charge in [-0.2, -0.15) is 0 Å². The lowest BCUT2D eigenvalue weighted by atomic mass is 10.0. The van der Waals surface area contributed by atoms with Crippen LogP contribution in [0.4, 0.5) is 0 Å². The average Bonchev–Trinajstić information content (AvgIpc) is 3.30. The molecule has 0 aromatic rings. The first kappa shape index (κ1) is 63.1. The lowest BCUT2D eigenvalue weighted by Gasteiger charge is -2.18. The predicted molar refractivity (Wildman–Crippen MR) is 280 cm³/mol. The molecular formula is C59H112O6. The summed E-state index contributed by atoms with van der Waals surface area (Å²) in [6, 6.07) is 0. The summed E-state index contributed by atoms with van der Waals surface area (Å²) in [6.07, 6.45) is 62.0. The molecule has 0 amide bonds. The van der Waals surface area contributed by atoms with Gasteiger partial charge in [-0.1, -0.05) is 277 Å². The molecule has 0 aromatic heterocycles. The van der Waals surface area contributed by atoms with Crippen LogP contribution in [0.3, 0.4) is 0 Å². The third kappa shape index (κ3) is 53.0. The summed E-state index contributed by atoms with van der Waals surface area (Å²) in [6.45, 7) is 6.69. The van der Waals surface area contributed by atoms with Crippen LogP contribution in [0.2, 0.25) is 0 Å². The zero-order chi connectivity index (χ0) is 47.2. The van der Waals surface area contributed by atoms with E-state index >= 15 is 0 Å². The Morgan fingerprint density at radius 1 is 0.292 bits per heavy atom. The second-order valence-corrected chi connectivity index (χ2v) is 19.9. The zero-order valence-electron chi connectivity index (χ0n) is 44.0. The van der Waals surface area contributed by atoms with Gasteiger partial charge in [0.25, 0.3) is 0 Å². The van der Waals surface area contributed by atoms with E-state index in [-0.39, 0.29) is 31.1 Å². The second-order valence-electron chi connectivity index (χ2n) is 19.9. The van der Waals surface area contributed by atoms with Crippen molar-refractivity contribution in [3.63, 3.8) is 0 Å². The number of rotatable bonds is 54. The predicted octanol–water partition coefficient (Wildman–Crippen LogP) is 19.3. The maximum Gasteiger partial charge on any atom is 0.306 e. The Bertz CT molecular complexity index is 1010. The summed E-state index contributed by atoms with van der Waals surface area (Å²) in [5, 5.41) is 0. The fraction of sp³-hybridized carbons (Fsp3) is 0.915. The van der Waals surface area contributed by atoms with Crippen molar-refractivity contribution in [3.05, 3.63) is 12.2 Å². The molecule has 0 radical (unpaired) electrons. The summed E-state index contributed by atoms with van der Waals surface area (Å²) >= 11 is 0. The van der Waals surface area contributed by atoms with Crippen molar-refractivity contribution in [1.29, 1.82) is 0 Å². The van der Waals surface area contributed by atoms with E-state index in [1.54, 1.807) is 0 Å². The fourth-order valence-corrected chi connectivity index (χ4v) is 8.85. The van der Waals surface area contributed by atoms with Gasteiger partial charge in [0.1, 0.15) is 13.2 Å². The van der Waals surface area contributed by atoms with Crippen molar-refractivity contribution >= 4 is 17.9 Å². The molecule has 0 saturated carbocycles. The van der Waals surface area contributed by atoms with Gasteiger partial charge in [-0.25, -0.2) is 0 Å². The third-order valence-electron chi connectivity index (χ3n) is 13.3. The largest absolute Gasteiger partial charge is 0.462 e. The normalized spacial score (nSPS) is 12.0. The molecule has 6 nitrogen and oxygen atoms in total. The number of hydrogen-bond acceptors (Lipinski definition) is 6. The van der Waals surface area contributed by atoms with Crippen molar-refractivity contribution in [2.24, 2.45) is 0 Å². The lowest BCUT2D eigenvalue weighted by Crippen LogP contribution is -2.30. The van der Waals surface area contributed by atoms with Gasteiger partial charge in [-0.05, 0) is 44.9 Å². The third-order valence-corrected chi connectivity index (χ3v) is 13.3. The first-order chi connectivity index (χ1) is 32.0. The molecule has 0 aliphatic heterocycles. The van der Waals surface area contributed by atoms with Crippen LogP contribution in [0.5, 0.6) is 0 Å². The molecule has 0 unspecified atom stereocenters. The van der Waals surface area contributed by atoms with Crippen LogP contribution in [-0.4, -0.2) is 37.2 Å². The van der Waals surface area contributed by atoms with Gasteiger partial charge in [-0.3, -0.25) is 14.4 Å². The molecule has 0 rings (SSSR count). The first-order valence-corrected chi connectivity index (χ1v) is 29.2. The number of hydrogen-bond donors (Lipinski definition) is 0. The molecular weight excluding hydrogens is 805 g/mol. The zero-order valence-corrected chi connectivity index (χ0v) is 44.0. The Hall–Kier alpha value is -1.85. The Morgan fingerprint density at radius 3 is 0.769 bits per heavy atom. The van der Waals surface area contributed by atoms with Crippen LogP contribution < -0.4 is 0 Å². The molecule has 0 fully saturated rings. The number of esters is 3. The fourth-order valence-electron chi connectivity index (χ4n) is 8.85. The van der Waals surface area contributed by atoms with E-state index in [2.05, 4.69) is 32.9 Å². The Morgan fingerprint density at radius 2 is 0.508 bits per heavy atom. The van der Waals surface area contributed by atoms with E-state index in [4.69, 9.17) is 14.2 Å². The molecule has 6 heteroatoms. The molecule has 0 aliphatic carbocycles. The van der Waals surface area contributed by atoms with Crippen LogP contribution in [0.25, 0.3) is 0 Å². The van der Waals surface area contributed by atoms with Crippen molar-refractivity contribution in [1.82, 2.24) is 0 Å². The molecule has 0 aromatic carbocycles. The number of carbonyl (C=O) groups excluding carboxylic acids is 3. The maximum absolute atomic E-state index is 12.9. The molecule has 0 bridgehead atoms. The minimum atomic E-state index is -0.765. The smallest absolute Gasteiger partial charge is 0.306 e. The van der Waals surface area contributed by atoms with E-state index in [1.165, 1.54) is 231 Å². The monoisotopic (exact) mass is 917 g/mol. The van der Waals surface area contributed by atoms with Crippen LogP contribution in [0.1, 0.15) is 329 Å². The molecule has 0 spiro atoms. The van der Waals surface area contributed by atoms with Crippen LogP contribution >= 0.6 is 0 Å². The summed E-state index contributed by atoms with van der Waals surface area (Å²) in [5.41, 5.74) is 0. The molecule has 0 aliphatic rings. The van der Waals surface area contributed by atoms with E-state index in [9.17, 15) is 14.4 Å². The Kier molecular flexibility index (Phi) is 53.2. The molecule has 0 N–H and O–H groups in total. The van der Waals surface area contributed by atoms with Crippen molar-refractivity contribution in [3.8, 4) is 0 Å². The van der Waals surface area contributed by atoms with E-state index in [0.717, 1.165) is 57.8 Å². The molecule has 0 heterocycles. The topological polar surface area (TPSA) is 78.9 Å². The number of allylic oxidation sites excluding steroid dienone is 2. The minimum Gasteiger partial charge on any atom is -0.462 e. The SMILES string of the molecule is CCCCCCCC/C=C\CCCCCCCCCCCC(=O)O[C@@H](COC(=O)CCCCCCCCCCCCCCC)COC(=O)CCCCCCCCCCCCCCCCC. The molecule has 1 atom stereocenters. The van der Waals surface area contributed by atoms with Crippen LogP contribution in [0, 0.1) is 0 Å². The van der Waals surface area contributed by atoms with Gasteiger partial charge in [0.05, 0.1) is 0 Å². The number of unbranched alkanes of at least 4 members (excludes halogenated alkanes) is 41. The summed E-state index contributed by atoms with van der Waals surface area (Å²) in [7, 11) is 0. The van der Waals surface area contributed by atoms with Gasteiger partial charge >= 0.3 is 17.9 Å². The molecule has 0 saturated heterocycles. The van der Waals surface area contributed by atoms with E-state index in [1.807, 2.05) is 0 Å². The van der Waals surface area contributed by atoms with Gasteiger partial charge in [0.2, 0.25) is 0 Å². The standard InChI is InChI=1S/C59H112O6/c1-4-7-10-13-16-19-22-25-27-28-29-30-32-35-38-41-44-47-50-53-59(62)65-56(54-63-57(60)51-48-45-42-39-36-33-24-21-18-15-12-9-6-3)55-64-58(61)52-49-46-43-40-37-34-31-26-23-20-17-14-11-8-5-2/h25,27,56H,4-24,26,28-55H2,1-3H3/b27-25-/t56-/m0/s1. The summed E-state index contributed by atoms with van der Waals surface area (Å²) < 4.78 is 16.9. The highest BCUT2D eigenvalue weighted by Gasteiger charge is 2.19. The van der Waals surface area contributed by atoms with Crippen molar-refractivity contribution in [2.75, 3.05) is 13.2 Å². The van der Waals surface area contributed by atoms with Gasteiger partial charge < -0.3 is 14.2 Å². The van der Waals surface area contributed by atoms with Crippen LogP contribution in [-0.2, 0) is 28.6 Å². The number of ether oxygens (including phenoxy) is 3. The van der Waals surface area contributed by atoms with Gasteiger partial charge in [0.15, 0.2) is 6.10 Å².